The Kier molecular flexibility index (Phi) is 4.20. The predicted molar refractivity (Wildman–Crippen MR) is 85.5 cm³/mol. The van der Waals surface area contributed by atoms with Crippen molar-refractivity contribution in [3.63, 3.8) is 0 Å². The third-order valence-corrected chi connectivity index (χ3v) is 3.48. The monoisotopic (exact) mass is 305 g/mol. The molecule has 0 bridgehead atoms. The number of hydrogen-bond acceptors (Lipinski definition) is 4. The van der Waals surface area contributed by atoms with Crippen LogP contribution in [-0.4, -0.2) is 28.5 Å². The SMILES string of the molecule is COc1cc(C)c2c(cc(C)n2C(=O)OC(C)(C)C)c1CO. The van der Waals surface area contributed by atoms with Crippen LogP contribution in [0, 0.1) is 13.8 Å². The largest absolute Gasteiger partial charge is 0.496 e. The first-order chi connectivity index (χ1) is 10.2. The number of fused-ring (bicyclic) bond motifs is 1. The third-order valence-electron chi connectivity index (χ3n) is 3.48. The summed E-state index contributed by atoms with van der Waals surface area (Å²) in [6.07, 6.45) is -0.419. The average molecular weight is 305 g/mol. The molecule has 5 nitrogen and oxygen atoms in total. The number of nitrogens with zero attached hydrogens (tertiary/aromatic N) is 1. The molecule has 5 heteroatoms. The molecule has 1 N–H and O–H groups in total. The van der Waals surface area contributed by atoms with Crippen molar-refractivity contribution >= 4 is 17.0 Å². The minimum absolute atomic E-state index is 0.155. The molecule has 0 unspecified atom stereocenters. The standard InChI is InChI=1S/C17H23NO4/c1-10-7-14(21-6)13(9-19)12-8-11(2)18(15(10)12)16(20)22-17(3,4)5/h7-8,19H,9H2,1-6H3. The van der Waals surface area contributed by atoms with Crippen LogP contribution in [0.15, 0.2) is 12.1 Å². The zero-order valence-electron chi connectivity index (χ0n) is 14.0. The van der Waals surface area contributed by atoms with Crippen LogP contribution in [-0.2, 0) is 11.3 Å². The Morgan fingerprint density at radius 2 is 1.91 bits per heavy atom. The molecule has 2 rings (SSSR count). The fourth-order valence-corrected chi connectivity index (χ4v) is 2.63. The van der Waals surface area contributed by atoms with Crippen LogP contribution in [0.2, 0.25) is 0 Å². The van der Waals surface area contributed by atoms with Crippen molar-refractivity contribution < 1.29 is 19.4 Å². The molecule has 1 aromatic heterocycles. The van der Waals surface area contributed by atoms with Gasteiger partial charge in [0.2, 0.25) is 0 Å². The number of aryl methyl sites for hydroxylation is 2. The molecule has 2 aromatic rings. The molecule has 0 aliphatic heterocycles. The molecule has 120 valence electrons. The van der Waals surface area contributed by atoms with E-state index < -0.39 is 11.7 Å². The van der Waals surface area contributed by atoms with Crippen molar-refractivity contribution in [1.82, 2.24) is 4.57 Å². The second-order valence-electron chi connectivity index (χ2n) is 6.40. The van der Waals surface area contributed by atoms with E-state index in [0.29, 0.717) is 11.3 Å². The maximum atomic E-state index is 12.5. The molecule has 0 aliphatic carbocycles. The highest BCUT2D eigenvalue weighted by Gasteiger charge is 2.23. The molecule has 0 fully saturated rings. The smallest absolute Gasteiger partial charge is 0.419 e. The summed E-state index contributed by atoms with van der Waals surface area (Å²) >= 11 is 0. The van der Waals surface area contributed by atoms with E-state index in [1.807, 2.05) is 46.8 Å². The fraction of sp³-hybridized carbons (Fsp3) is 0.471. The number of aliphatic hydroxyl groups excluding tert-OH is 1. The minimum Gasteiger partial charge on any atom is -0.496 e. The molecule has 0 aliphatic rings. The van der Waals surface area contributed by atoms with Crippen LogP contribution < -0.4 is 4.74 Å². The molecular formula is C17H23NO4. The Hall–Kier alpha value is -2.01. The molecule has 0 atom stereocenters. The van der Waals surface area contributed by atoms with Crippen LogP contribution in [0.5, 0.6) is 5.75 Å². The molecule has 1 heterocycles. The van der Waals surface area contributed by atoms with E-state index in [2.05, 4.69) is 0 Å². The molecule has 0 radical (unpaired) electrons. The Labute approximate surface area is 130 Å². The second-order valence-corrected chi connectivity index (χ2v) is 6.40. The van der Waals surface area contributed by atoms with Gasteiger partial charge in [-0.05, 0) is 52.3 Å². The minimum atomic E-state index is -0.569. The highest BCUT2D eigenvalue weighted by Crippen LogP contribution is 2.33. The maximum Gasteiger partial charge on any atom is 0.419 e. The summed E-state index contributed by atoms with van der Waals surface area (Å²) in [7, 11) is 1.57. The lowest BCUT2D eigenvalue weighted by molar-refractivity contribution is 0.0541. The van der Waals surface area contributed by atoms with Gasteiger partial charge in [0.25, 0.3) is 0 Å². The van der Waals surface area contributed by atoms with Crippen LogP contribution >= 0.6 is 0 Å². The van der Waals surface area contributed by atoms with E-state index in [1.54, 1.807) is 11.7 Å². The van der Waals surface area contributed by atoms with E-state index in [1.165, 1.54) is 0 Å². The number of carbonyl (C=O) groups excluding carboxylic acids is 1. The summed E-state index contributed by atoms with van der Waals surface area (Å²) in [5.41, 5.74) is 2.50. The number of ether oxygens (including phenoxy) is 2. The molecule has 0 saturated heterocycles. The van der Waals surface area contributed by atoms with Gasteiger partial charge in [-0.1, -0.05) is 0 Å². The summed E-state index contributed by atoms with van der Waals surface area (Å²) in [5.74, 6) is 0.619. The predicted octanol–water partition coefficient (Wildman–Crippen LogP) is 3.54. The third kappa shape index (κ3) is 2.81. The van der Waals surface area contributed by atoms with Gasteiger partial charge in [0.15, 0.2) is 0 Å². The van der Waals surface area contributed by atoms with Crippen LogP contribution in [0.4, 0.5) is 4.79 Å². The maximum absolute atomic E-state index is 12.5. The average Bonchev–Trinajstić information content (AvgIpc) is 2.74. The van der Waals surface area contributed by atoms with Gasteiger partial charge in [0, 0.05) is 16.6 Å². The number of hydrogen-bond donors (Lipinski definition) is 1. The van der Waals surface area contributed by atoms with Crippen molar-refractivity contribution in [3.05, 3.63) is 29.0 Å². The number of methoxy groups -OCH3 is 1. The van der Waals surface area contributed by atoms with Crippen molar-refractivity contribution in [2.45, 2.75) is 46.8 Å². The number of aromatic nitrogens is 1. The van der Waals surface area contributed by atoms with Crippen molar-refractivity contribution in [3.8, 4) is 5.75 Å². The number of aliphatic hydroxyl groups is 1. The summed E-state index contributed by atoms with van der Waals surface area (Å²) in [6, 6.07) is 3.70. The van der Waals surface area contributed by atoms with E-state index >= 15 is 0 Å². The number of carbonyl (C=O) groups is 1. The van der Waals surface area contributed by atoms with Crippen molar-refractivity contribution in [2.75, 3.05) is 7.11 Å². The lowest BCUT2D eigenvalue weighted by Crippen LogP contribution is -2.27. The van der Waals surface area contributed by atoms with E-state index in [0.717, 1.165) is 22.2 Å². The molecule has 22 heavy (non-hydrogen) atoms. The highest BCUT2D eigenvalue weighted by molar-refractivity contribution is 5.96. The Bertz CT molecular complexity index is 723. The summed E-state index contributed by atoms with van der Waals surface area (Å²) in [4.78, 5) is 12.5. The molecule has 0 saturated carbocycles. The van der Waals surface area contributed by atoms with Gasteiger partial charge < -0.3 is 14.6 Å². The van der Waals surface area contributed by atoms with Gasteiger partial charge in [0.1, 0.15) is 11.4 Å². The molecule has 0 spiro atoms. The van der Waals surface area contributed by atoms with E-state index in [-0.39, 0.29) is 6.61 Å². The van der Waals surface area contributed by atoms with Gasteiger partial charge in [-0.3, -0.25) is 0 Å². The van der Waals surface area contributed by atoms with Crippen molar-refractivity contribution in [2.24, 2.45) is 0 Å². The normalized spacial score (nSPS) is 11.8. The first-order valence-electron chi connectivity index (χ1n) is 7.22. The quantitative estimate of drug-likeness (QED) is 0.922. The zero-order valence-corrected chi connectivity index (χ0v) is 14.0. The summed E-state index contributed by atoms with van der Waals surface area (Å²) in [5, 5.41) is 10.5. The van der Waals surface area contributed by atoms with Gasteiger partial charge in [-0.2, -0.15) is 0 Å². The topological polar surface area (TPSA) is 60.7 Å². The summed E-state index contributed by atoms with van der Waals surface area (Å²) in [6.45, 7) is 9.10. The zero-order chi connectivity index (χ0) is 16.7. The highest BCUT2D eigenvalue weighted by atomic mass is 16.6. The second kappa shape index (κ2) is 5.65. The van der Waals surface area contributed by atoms with Gasteiger partial charge in [0.05, 0.1) is 19.2 Å². The first kappa shape index (κ1) is 16.4. The first-order valence-corrected chi connectivity index (χ1v) is 7.22. The van der Waals surface area contributed by atoms with Gasteiger partial charge >= 0.3 is 6.09 Å². The lowest BCUT2D eigenvalue weighted by atomic mass is 10.1. The van der Waals surface area contributed by atoms with E-state index in [9.17, 15) is 9.90 Å². The van der Waals surface area contributed by atoms with Crippen LogP contribution in [0.1, 0.15) is 37.6 Å². The number of rotatable bonds is 2. The van der Waals surface area contributed by atoms with Crippen molar-refractivity contribution in [1.29, 1.82) is 0 Å². The fourth-order valence-electron chi connectivity index (χ4n) is 2.63. The Morgan fingerprint density at radius 3 is 2.41 bits per heavy atom. The summed E-state index contributed by atoms with van der Waals surface area (Å²) < 4.78 is 12.4. The van der Waals surface area contributed by atoms with Crippen LogP contribution in [0.25, 0.3) is 10.9 Å². The molecular weight excluding hydrogens is 282 g/mol. The lowest BCUT2D eigenvalue weighted by Gasteiger charge is -2.21. The Morgan fingerprint density at radius 1 is 1.27 bits per heavy atom. The molecule has 1 aromatic carbocycles. The number of benzene rings is 1. The Balaban J connectivity index is 2.72. The molecule has 0 amide bonds. The van der Waals surface area contributed by atoms with E-state index in [4.69, 9.17) is 9.47 Å². The van der Waals surface area contributed by atoms with Gasteiger partial charge in [-0.25, -0.2) is 9.36 Å². The van der Waals surface area contributed by atoms with Crippen LogP contribution in [0.3, 0.4) is 0 Å². The van der Waals surface area contributed by atoms with Gasteiger partial charge in [-0.15, -0.1) is 0 Å².